The summed E-state index contributed by atoms with van der Waals surface area (Å²) in [7, 11) is 1.67. The summed E-state index contributed by atoms with van der Waals surface area (Å²) in [5.74, 6) is 2.26. The summed E-state index contributed by atoms with van der Waals surface area (Å²) in [4.78, 5) is 14.5. The Morgan fingerprint density at radius 3 is 3.05 bits per heavy atom. The van der Waals surface area contributed by atoms with Gasteiger partial charge in [0.2, 0.25) is 5.91 Å². The minimum Gasteiger partial charge on any atom is -0.497 e. The molecule has 2 fully saturated rings. The highest BCUT2D eigenvalue weighted by Crippen LogP contribution is 2.32. The number of hydrogen-bond acceptors (Lipinski definition) is 4. The molecular weight excluding hydrogens is 284 g/mol. The Labute approximate surface area is 130 Å². The number of carbonyl (C=O) groups is 1. The molecule has 1 aromatic carbocycles. The third-order valence-corrected chi connectivity index (χ3v) is 5.59. The second-order valence-electron chi connectivity index (χ2n) is 5.69. The molecule has 3 atom stereocenters. The molecule has 0 radical (unpaired) electrons. The lowest BCUT2D eigenvalue weighted by atomic mass is 10.1. The molecular formula is C16H22N2O2S. The monoisotopic (exact) mass is 306 g/mol. The summed E-state index contributed by atoms with van der Waals surface area (Å²) < 4.78 is 5.30. The van der Waals surface area contributed by atoms with E-state index in [4.69, 9.17) is 4.74 Å². The summed E-state index contributed by atoms with van der Waals surface area (Å²) in [5.41, 5.74) is 1.09. The first kappa shape index (κ1) is 14.7. The van der Waals surface area contributed by atoms with Crippen LogP contribution in [-0.4, -0.2) is 41.5 Å². The van der Waals surface area contributed by atoms with E-state index in [9.17, 15) is 4.79 Å². The van der Waals surface area contributed by atoms with Crippen molar-refractivity contribution in [2.45, 2.75) is 37.2 Å². The minimum atomic E-state index is -0.118. The molecule has 2 heterocycles. The first-order valence-corrected chi connectivity index (χ1v) is 8.56. The molecule has 2 aliphatic rings. The number of hydrogen-bond donors (Lipinski definition) is 1. The molecule has 1 N–H and O–H groups in total. The van der Waals surface area contributed by atoms with Gasteiger partial charge in [0.25, 0.3) is 0 Å². The van der Waals surface area contributed by atoms with Gasteiger partial charge < -0.3 is 9.64 Å². The van der Waals surface area contributed by atoms with Gasteiger partial charge in [-0.1, -0.05) is 12.1 Å². The van der Waals surface area contributed by atoms with Crippen LogP contribution in [-0.2, 0) is 4.79 Å². The van der Waals surface area contributed by atoms with Crippen molar-refractivity contribution >= 4 is 17.7 Å². The number of benzene rings is 1. The maximum atomic E-state index is 12.5. The molecule has 2 aliphatic heterocycles. The van der Waals surface area contributed by atoms with Crippen LogP contribution in [0.4, 0.5) is 0 Å². The van der Waals surface area contributed by atoms with Crippen molar-refractivity contribution in [3.05, 3.63) is 29.8 Å². The van der Waals surface area contributed by atoms with Gasteiger partial charge in [-0.15, -0.1) is 0 Å². The number of carbonyl (C=O) groups excluding carboxylic acids is 1. The van der Waals surface area contributed by atoms with Crippen LogP contribution < -0.4 is 10.1 Å². The highest BCUT2D eigenvalue weighted by atomic mass is 32.2. The Morgan fingerprint density at radius 2 is 2.33 bits per heavy atom. The fraction of sp³-hybridized carbons (Fsp3) is 0.562. The Kier molecular flexibility index (Phi) is 4.40. The van der Waals surface area contributed by atoms with E-state index >= 15 is 0 Å². The van der Waals surface area contributed by atoms with Crippen LogP contribution >= 0.6 is 11.8 Å². The lowest BCUT2D eigenvalue weighted by molar-refractivity contribution is -0.129. The quantitative estimate of drug-likeness (QED) is 0.927. The highest BCUT2D eigenvalue weighted by molar-refractivity contribution is 8.00. The van der Waals surface area contributed by atoms with Crippen LogP contribution in [0.15, 0.2) is 24.3 Å². The van der Waals surface area contributed by atoms with Crippen molar-refractivity contribution in [2.75, 3.05) is 19.4 Å². The average molecular weight is 306 g/mol. The van der Waals surface area contributed by atoms with Crippen LogP contribution in [0.5, 0.6) is 5.75 Å². The molecule has 1 amide bonds. The summed E-state index contributed by atoms with van der Waals surface area (Å²) in [6, 6.07) is 7.86. The van der Waals surface area contributed by atoms with E-state index in [1.54, 1.807) is 7.11 Å². The Balaban J connectivity index is 1.81. The van der Waals surface area contributed by atoms with E-state index in [2.05, 4.69) is 11.4 Å². The van der Waals surface area contributed by atoms with Crippen LogP contribution in [0.3, 0.4) is 0 Å². The second-order valence-corrected chi connectivity index (χ2v) is 7.10. The SMILES string of the molecule is COc1cccc(C2NC(C)C(=O)N2CC2CCCS2)c1. The first-order valence-electron chi connectivity index (χ1n) is 7.51. The molecule has 4 nitrogen and oxygen atoms in total. The standard InChI is InChI=1S/C16H22N2O2S/c1-11-16(19)18(10-14-7-4-8-21-14)15(17-11)12-5-3-6-13(9-12)20-2/h3,5-6,9,11,14-15,17H,4,7-8,10H2,1-2H3. The van der Waals surface area contributed by atoms with E-state index in [0.29, 0.717) is 5.25 Å². The number of nitrogens with zero attached hydrogens (tertiary/aromatic N) is 1. The van der Waals surface area contributed by atoms with Gasteiger partial charge in [-0.2, -0.15) is 11.8 Å². The summed E-state index contributed by atoms with van der Waals surface area (Å²) in [5, 5.41) is 3.98. The molecule has 0 aliphatic carbocycles. The highest BCUT2D eigenvalue weighted by Gasteiger charge is 2.38. The maximum Gasteiger partial charge on any atom is 0.241 e. The third kappa shape index (κ3) is 3.04. The fourth-order valence-electron chi connectivity index (χ4n) is 3.06. The zero-order valence-electron chi connectivity index (χ0n) is 12.5. The molecule has 3 unspecified atom stereocenters. The maximum absolute atomic E-state index is 12.5. The van der Waals surface area contributed by atoms with E-state index in [1.165, 1.54) is 18.6 Å². The molecule has 0 saturated carbocycles. The number of methoxy groups -OCH3 is 1. The predicted octanol–water partition coefficient (Wildman–Crippen LogP) is 2.41. The topological polar surface area (TPSA) is 41.6 Å². The van der Waals surface area contributed by atoms with E-state index in [0.717, 1.165) is 17.9 Å². The van der Waals surface area contributed by atoms with E-state index < -0.39 is 0 Å². The largest absolute Gasteiger partial charge is 0.497 e. The predicted molar refractivity (Wildman–Crippen MR) is 85.5 cm³/mol. The number of ether oxygens (including phenoxy) is 1. The van der Waals surface area contributed by atoms with Crippen LogP contribution in [0, 0.1) is 0 Å². The molecule has 21 heavy (non-hydrogen) atoms. The van der Waals surface area contributed by atoms with E-state index in [-0.39, 0.29) is 18.1 Å². The number of amides is 1. The molecule has 0 aromatic heterocycles. The molecule has 0 bridgehead atoms. The van der Waals surface area contributed by atoms with Gasteiger partial charge >= 0.3 is 0 Å². The van der Waals surface area contributed by atoms with Crippen molar-refractivity contribution in [3.63, 3.8) is 0 Å². The summed E-state index contributed by atoms with van der Waals surface area (Å²) in [6.07, 6.45) is 2.45. The zero-order chi connectivity index (χ0) is 14.8. The molecule has 114 valence electrons. The normalized spacial score (nSPS) is 29.1. The van der Waals surface area contributed by atoms with Crippen LogP contribution in [0.2, 0.25) is 0 Å². The second kappa shape index (κ2) is 6.28. The summed E-state index contributed by atoms with van der Waals surface area (Å²) >= 11 is 1.99. The van der Waals surface area contributed by atoms with Crippen molar-refractivity contribution < 1.29 is 9.53 Å². The third-order valence-electron chi connectivity index (χ3n) is 4.21. The van der Waals surface area contributed by atoms with Gasteiger partial charge in [-0.3, -0.25) is 10.1 Å². The number of nitrogens with one attached hydrogen (secondary N) is 1. The first-order chi connectivity index (χ1) is 10.2. The lowest BCUT2D eigenvalue weighted by Gasteiger charge is -2.27. The Bertz CT molecular complexity index is 517. The molecule has 1 aromatic rings. The van der Waals surface area contributed by atoms with Crippen molar-refractivity contribution in [3.8, 4) is 5.75 Å². The van der Waals surface area contributed by atoms with Gasteiger partial charge in [0.15, 0.2) is 0 Å². The van der Waals surface area contributed by atoms with Gasteiger partial charge in [0.1, 0.15) is 11.9 Å². The molecule has 5 heteroatoms. The van der Waals surface area contributed by atoms with Crippen LogP contribution in [0.25, 0.3) is 0 Å². The minimum absolute atomic E-state index is 0.0381. The molecule has 0 spiro atoms. The molecule has 2 saturated heterocycles. The van der Waals surface area contributed by atoms with Crippen molar-refractivity contribution in [2.24, 2.45) is 0 Å². The smallest absolute Gasteiger partial charge is 0.241 e. The Hall–Kier alpha value is -1.20. The van der Waals surface area contributed by atoms with Gasteiger partial charge in [-0.05, 0) is 43.2 Å². The molecule has 3 rings (SSSR count). The fourth-order valence-corrected chi connectivity index (χ4v) is 4.33. The summed E-state index contributed by atoms with van der Waals surface area (Å²) in [6.45, 7) is 2.78. The lowest BCUT2D eigenvalue weighted by Crippen LogP contribution is -2.35. The van der Waals surface area contributed by atoms with Crippen LogP contribution in [0.1, 0.15) is 31.5 Å². The average Bonchev–Trinajstić information content (AvgIpc) is 3.11. The Morgan fingerprint density at radius 1 is 1.48 bits per heavy atom. The van der Waals surface area contributed by atoms with Gasteiger partial charge in [0.05, 0.1) is 13.2 Å². The number of thioether (sulfide) groups is 1. The van der Waals surface area contributed by atoms with Crippen molar-refractivity contribution in [1.82, 2.24) is 10.2 Å². The van der Waals surface area contributed by atoms with Crippen molar-refractivity contribution in [1.29, 1.82) is 0 Å². The van der Waals surface area contributed by atoms with Gasteiger partial charge in [0, 0.05) is 11.8 Å². The number of rotatable bonds is 4. The van der Waals surface area contributed by atoms with E-state index in [1.807, 2.05) is 41.8 Å². The van der Waals surface area contributed by atoms with Gasteiger partial charge in [-0.25, -0.2) is 0 Å². The zero-order valence-corrected chi connectivity index (χ0v) is 13.4.